The van der Waals surface area contributed by atoms with Gasteiger partial charge in [0.1, 0.15) is 11.6 Å². The van der Waals surface area contributed by atoms with E-state index in [1.165, 1.54) is 6.20 Å². The van der Waals surface area contributed by atoms with Gasteiger partial charge in [0, 0.05) is 24.2 Å². The molecule has 1 amide bonds. The first-order chi connectivity index (χ1) is 12.5. The van der Waals surface area contributed by atoms with Gasteiger partial charge in [-0.25, -0.2) is 9.78 Å². The highest BCUT2D eigenvalue weighted by atomic mass is 16.5. The van der Waals surface area contributed by atoms with Gasteiger partial charge >= 0.3 is 5.97 Å². The second kappa shape index (κ2) is 8.03. The molecule has 0 spiro atoms. The van der Waals surface area contributed by atoms with Crippen molar-refractivity contribution in [1.82, 2.24) is 10.3 Å². The molecule has 7 heteroatoms. The highest BCUT2D eigenvalue weighted by Gasteiger charge is 2.43. The lowest BCUT2D eigenvalue weighted by Crippen LogP contribution is -2.56. The van der Waals surface area contributed by atoms with Crippen LogP contribution in [0.15, 0.2) is 18.3 Å². The summed E-state index contributed by atoms with van der Waals surface area (Å²) in [5.74, 6) is -0.479. The summed E-state index contributed by atoms with van der Waals surface area (Å²) < 4.78 is 11.0. The van der Waals surface area contributed by atoms with E-state index in [2.05, 4.69) is 17.2 Å². The van der Waals surface area contributed by atoms with E-state index in [1.54, 1.807) is 12.1 Å². The zero-order valence-corrected chi connectivity index (χ0v) is 15.1. The molecule has 1 saturated carbocycles. The number of amides is 1. The quantitative estimate of drug-likeness (QED) is 0.806. The standard InChI is InChI=1S/C19H26N2O5/c1-2-13-3-7-19(8-4-13,18(23)24)21-17(22)14-5-9-20-16(11-14)26-15-6-10-25-12-15/h5,9,11,13,15H,2-4,6-8,10,12H2,1H3,(H,21,22)(H,23,24). The Kier molecular flexibility index (Phi) is 5.76. The van der Waals surface area contributed by atoms with Crippen molar-refractivity contribution in [2.24, 2.45) is 5.92 Å². The molecule has 2 fully saturated rings. The van der Waals surface area contributed by atoms with Crippen LogP contribution in [0.25, 0.3) is 0 Å². The highest BCUT2D eigenvalue weighted by Crippen LogP contribution is 2.34. The molecular weight excluding hydrogens is 336 g/mol. The zero-order valence-electron chi connectivity index (χ0n) is 15.1. The van der Waals surface area contributed by atoms with Crippen LogP contribution >= 0.6 is 0 Å². The Morgan fingerprint density at radius 1 is 1.38 bits per heavy atom. The van der Waals surface area contributed by atoms with Crippen molar-refractivity contribution >= 4 is 11.9 Å². The number of carboxylic acids is 1. The first-order valence-electron chi connectivity index (χ1n) is 9.29. The van der Waals surface area contributed by atoms with Crippen LogP contribution in [0.5, 0.6) is 5.88 Å². The van der Waals surface area contributed by atoms with Crippen LogP contribution in [0.1, 0.15) is 55.8 Å². The Labute approximate surface area is 153 Å². The Hall–Kier alpha value is -2.15. The average Bonchev–Trinajstić information content (AvgIpc) is 3.15. The van der Waals surface area contributed by atoms with Gasteiger partial charge in [-0.05, 0) is 37.7 Å². The lowest BCUT2D eigenvalue weighted by Gasteiger charge is -2.37. The third-order valence-corrected chi connectivity index (χ3v) is 5.47. The molecule has 26 heavy (non-hydrogen) atoms. The Balaban J connectivity index is 1.68. The molecule has 7 nitrogen and oxygen atoms in total. The number of carboxylic acid groups (broad SMARTS) is 1. The number of hydrogen-bond acceptors (Lipinski definition) is 5. The average molecular weight is 362 g/mol. The van der Waals surface area contributed by atoms with Crippen molar-refractivity contribution in [3.8, 4) is 5.88 Å². The second-order valence-corrected chi connectivity index (χ2v) is 7.18. The lowest BCUT2D eigenvalue weighted by molar-refractivity contribution is -0.146. The molecule has 2 N–H and O–H groups in total. The van der Waals surface area contributed by atoms with E-state index in [9.17, 15) is 14.7 Å². The molecule has 1 unspecified atom stereocenters. The van der Waals surface area contributed by atoms with Crippen molar-refractivity contribution < 1.29 is 24.2 Å². The number of aliphatic carboxylic acids is 1. The van der Waals surface area contributed by atoms with Crippen molar-refractivity contribution in [3.63, 3.8) is 0 Å². The predicted molar refractivity (Wildman–Crippen MR) is 94.2 cm³/mol. The largest absolute Gasteiger partial charge is 0.480 e. The van der Waals surface area contributed by atoms with Crippen LogP contribution < -0.4 is 10.1 Å². The maximum absolute atomic E-state index is 12.7. The van der Waals surface area contributed by atoms with Crippen LogP contribution in [0.2, 0.25) is 0 Å². The summed E-state index contributed by atoms with van der Waals surface area (Å²) in [5, 5.41) is 12.5. The fourth-order valence-corrected chi connectivity index (χ4v) is 3.65. The molecule has 3 rings (SSSR count). The topological polar surface area (TPSA) is 97.8 Å². The summed E-state index contributed by atoms with van der Waals surface area (Å²) in [7, 11) is 0. The number of hydrogen-bond donors (Lipinski definition) is 2. The zero-order chi connectivity index (χ0) is 18.6. The van der Waals surface area contributed by atoms with Crippen molar-refractivity contribution in [1.29, 1.82) is 0 Å². The van der Waals surface area contributed by atoms with Gasteiger partial charge in [-0.2, -0.15) is 0 Å². The van der Waals surface area contributed by atoms with Gasteiger partial charge in [-0.3, -0.25) is 4.79 Å². The van der Waals surface area contributed by atoms with Gasteiger partial charge in [0.2, 0.25) is 5.88 Å². The molecule has 1 aliphatic carbocycles. The van der Waals surface area contributed by atoms with E-state index in [0.29, 0.717) is 43.4 Å². The number of pyridine rings is 1. The first-order valence-corrected chi connectivity index (χ1v) is 9.29. The van der Waals surface area contributed by atoms with Crippen molar-refractivity contribution in [2.75, 3.05) is 13.2 Å². The third kappa shape index (κ3) is 4.15. The van der Waals surface area contributed by atoms with Gasteiger partial charge in [0.25, 0.3) is 5.91 Å². The van der Waals surface area contributed by atoms with Gasteiger partial charge in [-0.1, -0.05) is 13.3 Å². The molecule has 0 radical (unpaired) electrons. The molecule has 1 saturated heterocycles. The predicted octanol–water partition coefficient (Wildman–Crippen LogP) is 2.40. The van der Waals surface area contributed by atoms with E-state index in [0.717, 1.165) is 25.7 Å². The van der Waals surface area contributed by atoms with E-state index < -0.39 is 17.4 Å². The SMILES string of the molecule is CCC1CCC(NC(=O)c2ccnc(OC3CCOC3)c2)(C(=O)O)CC1. The first kappa shape index (κ1) is 18.6. The lowest BCUT2D eigenvalue weighted by atomic mass is 9.75. The van der Waals surface area contributed by atoms with Crippen molar-refractivity contribution in [3.05, 3.63) is 23.9 Å². The van der Waals surface area contributed by atoms with Crippen molar-refractivity contribution in [2.45, 2.75) is 57.1 Å². The number of nitrogens with zero attached hydrogens (tertiary/aromatic N) is 1. The minimum Gasteiger partial charge on any atom is -0.480 e. The summed E-state index contributed by atoms with van der Waals surface area (Å²) >= 11 is 0. The maximum atomic E-state index is 12.7. The Morgan fingerprint density at radius 3 is 2.77 bits per heavy atom. The van der Waals surface area contributed by atoms with Gasteiger partial charge in [0.15, 0.2) is 0 Å². The Bertz CT molecular complexity index is 649. The molecule has 1 aliphatic heterocycles. The Morgan fingerprint density at radius 2 is 2.15 bits per heavy atom. The molecule has 0 bridgehead atoms. The fourth-order valence-electron chi connectivity index (χ4n) is 3.65. The molecule has 2 aliphatic rings. The van der Waals surface area contributed by atoms with E-state index in [4.69, 9.17) is 9.47 Å². The van der Waals surface area contributed by atoms with Crippen LogP contribution in [0.3, 0.4) is 0 Å². The summed E-state index contributed by atoms with van der Waals surface area (Å²) in [6, 6.07) is 3.13. The number of ether oxygens (including phenoxy) is 2. The fraction of sp³-hybridized carbons (Fsp3) is 0.632. The van der Waals surface area contributed by atoms with Crippen LogP contribution in [-0.4, -0.2) is 46.8 Å². The number of rotatable bonds is 6. The van der Waals surface area contributed by atoms with Crippen LogP contribution in [0, 0.1) is 5.92 Å². The summed E-state index contributed by atoms with van der Waals surface area (Å²) in [6.45, 7) is 3.29. The van der Waals surface area contributed by atoms with Crippen LogP contribution in [0.4, 0.5) is 0 Å². The van der Waals surface area contributed by atoms with Gasteiger partial charge < -0.3 is 19.9 Å². The summed E-state index contributed by atoms with van der Waals surface area (Å²) in [4.78, 5) is 28.7. The summed E-state index contributed by atoms with van der Waals surface area (Å²) in [5.41, 5.74) is -0.834. The maximum Gasteiger partial charge on any atom is 0.329 e. The van der Waals surface area contributed by atoms with E-state index in [1.807, 2.05) is 0 Å². The minimum atomic E-state index is -1.19. The van der Waals surface area contributed by atoms with Gasteiger partial charge in [0.05, 0.1) is 13.2 Å². The number of nitrogens with one attached hydrogen (secondary N) is 1. The molecular formula is C19H26N2O5. The number of aromatic nitrogens is 1. The monoisotopic (exact) mass is 362 g/mol. The van der Waals surface area contributed by atoms with E-state index >= 15 is 0 Å². The molecule has 1 atom stereocenters. The highest BCUT2D eigenvalue weighted by molar-refractivity contribution is 5.98. The molecule has 0 aromatic carbocycles. The normalized spacial score (nSPS) is 28.5. The molecule has 2 heterocycles. The third-order valence-electron chi connectivity index (χ3n) is 5.47. The second-order valence-electron chi connectivity index (χ2n) is 7.18. The summed E-state index contributed by atoms with van der Waals surface area (Å²) in [6.07, 6.45) is 5.82. The molecule has 1 aromatic heterocycles. The molecule has 1 aromatic rings. The number of carbonyl (C=O) groups excluding carboxylic acids is 1. The van der Waals surface area contributed by atoms with Gasteiger partial charge in [-0.15, -0.1) is 0 Å². The number of carbonyl (C=O) groups is 2. The van der Waals surface area contributed by atoms with E-state index in [-0.39, 0.29) is 6.10 Å². The smallest absolute Gasteiger partial charge is 0.329 e. The molecule has 142 valence electrons. The van der Waals surface area contributed by atoms with Crippen LogP contribution in [-0.2, 0) is 9.53 Å². The minimum absolute atomic E-state index is 0.0597.